The van der Waals surface area contributed by atoms with Crippen LogP contribution in [0.15, 0.2) is 24.3 Å². The number of thioether (sulfide) groups is 1. The molecule has 1 aliphatic heterocycles. The Morgan fingerprint density at radius 2 is 2.26 bits per heavy atom. The highest BCUT2D eigenvalue weighted by atomic mass is 32.2. The van der Waals surface area contributed by atoms with Crippen LogP contribution in [0.2, 0.25) is 0 Å². The van der Waals surface area contributed by atoms with E-state index in [1.54, 1.807) is 0 Å². The maximum atomic E-state index is 12.0. The molecular weight excluding hydrogens is 334 g/mol. The minimum atomic E-state index is -2.89. The first-order chi connectivity index (χ1) is 10.9. The summed E-state index contributed by atoms with van der Waals surface area (Å²) in [6.07, 6.45) is 0.638. The van der Waals surface area contributed by atoms with Crippen molar-refractivity contribution in [2.45, 2.75) is 24.6 Å². The van der Waals surface area contributed by atoms with Crippen LogP contribution in [0.1, 0.15) is 25.2 Å². The number of carbonyl (C=O) groups excluding carboxylic acids is 1. The predicted octanol–water partition coefficient (Wildman–Crippen LogP) is 1.66. The van der Waals surface area contributed by atoms with Gasteiger partial charge in [-0.15, -0.1) is 11.8 Å². The van der Waals surface area contributed by atoms with Gasteiger partial charge in [0.2, 0.25) is 5.91 Å². The second-order valence-corrected chi connectivity index (χ2v) is 9.28. The molecule has 1 saturated heterocycles. The predicted molar refractivity (Wildman–Crippen MR) is 92.2 cm³/mol. The molecule has 23 heavy (non-hydrogen) atoms. The first kappa shape index (κ1) is 16.3. The number of aromatic amines is 1. The molecule has 2 atom stereocenters. The van der Waals surface area contributed by atoms with E-state index in [4.69, 9.17) is 0 Å². The van der Waals surface area contributed by atoms with Gasteiger partial charge in [-0.25, -0.2) is 13.4 Å². The number of nitrogens with zero attached hydrogens (tertiary/aromatic N) is 1. The van der Waals surface area contributed by atoms with Gasteiger partial charge >= 0.3 is 0 Å². The summed E-state index contributed by atoms with van der Waals surface area (Å²) >= 11 is 1.41. The van der Waals surface area contributed by atoms with Crippen LogP contribution in [-0.2, 0) is 14.6 Å². The van der Waals surface area contributed by atoms with Gasteiger partial charge in [-0.1, -0.05) is 12.1 Å². The Bertz CT molecular complexity index is 783. The fourth-order valence-corrected chi connectivity index (χ4v) is 6.07. The lowest BCUT2D eigenvalue weighted by atomic mass is 10.3. The van der Waals surface area contributed by atoms with Crippen molar-refractivity contribution in [1.29, 1.82) is 0 Å². The summed E-state index contributed by atoms with van der Waals surface area (Å²) in [5.41, 5.74) is 1.81. The second-order valence-electron chi connectivity index (χ2n) is 5.76. The summed E-state index contributed by atoms with van der Waals surface area (Å²) in [7, 11) is -2.89. The molecule has 124 valence electrons. The highest BCUT2D eigenvalue weighted by Gasteiger charge is 2.28. The Hall–Kier alpha value is -1.54. The van der Waals surface area contributed by atoms with Crippen molar-refractivity contribution >= 4 is 38.5 Å². The molecule has 0 radical (unpaired) electrons. The SMILES string of the molecule is C[C@H](NC(=O)CS[C@H]1CCS(=O)(=O)C1)c1nc2ccccc2[nH]1. The Balaban J connectivity index is 1.53. The van der Waals surface area contributed by atoms with Gasteiger partial charge < -0.3 is 10.3 Å². The molecule has 2 heterocycles. The van der Waals surface area contributed by atoms with Gasteiger partial charge in [-0.3, -0.25) is 4.79 Å². The third-order valence-corrected chi connectivity index (χ3v) is 7.12. The third-order valence-electron chi connectivity index (χ3n) is 3.84. The van der Waals surface area contributed by atoms with Crippen molar-refractivity contribution in [2.24, 2.45) is 0 Å². The van der Waals surface area contributed by atoms with Gasteiger partial charge in [0.1, 0.15) is 5.82 Å². The van der Waals surface area contributed by atoms with Crippen molar-refractivity contribution in [3.05, 3.63) is 30.1 Å². The quantitative estimate of drug-likeness (QED) is 0.853. The molecule has 1 aliphatic rings. The number of hydrogen-bond donors (Lipinski definition) is 2. The monoisotopic (exact) mass is 353 g/mol. The van der Waals surface area contributed by atoms with E-state index in [-0.39, 0.29) is 34.5 Å². The van der Waals surface area contributed by atoms with Gasteiger partial charge in [-0.05, 0) is 25.5 Å². The number of fused-ring (bicyclic) bond motifs is 1. The number of rotatable bonds is 5. The average Bonchev–Trinajstić information content (AvgIpc) is 3.08. The lowest BCUT2D eigenvalue weighted by Gasteiger charge is -2.12. The number of imidazole rings is 1. The van der Waals surface area contributed by atoms with E-state index >= 15 is 0 Å². The Kier molecular flexibility index (Phi) is 4.63. The summed E-state index contributed by atoms with van der Waals surface area (Å²) in [5.74, 6) is 1.30. The molecular formula is C15H19N3O3S2. The van der Waals surface area contributed by atoms with Crippen LogP contribution >= 0.6 is 11.8 Å². The third kappa shape index (κ3) is 4.06. The fraction of sp³-hybridized carbons (Fsp3) is 0.467. The second kappa shape index (κ2) is 6.52. The maximum Gasteiger partial charge on any atom is 0.230 e. The van der Waals surface area contributed by atoms with Gasteiger partial charge in [-0.2, -0.15) is 0 Å². The topological polar surface area (TPSA) is 91.9 Å². The molecule has 6 nitrogen and oxygen atoms in total. The van der Waals surface area contributed by atoms with Crippen LogP contribution in [-0.4, -0.2) is 46.8 Å². The van der Waals surface area contributed by atoms with E-state index in [0.29, 0.717) is 12.2 Å². The Morgan fingerprint density at radius 3 is 2.96 bits per heavy atom. The van der Waals surface area contributed by atoms with Crippen molar-refractivity contribution in [2.75, 3.05) is 17.3 Å². The van der Waals surface area contributed by atoms with Gasteiger partial charge in [0.25, 0.3) is 0 Å². The molecule has 8 heteroatoms. The minimum absolute atomic E-state index is 0.0345. The standard InChI is InChI=1S/C15H19N3O3S2/c1-10(15-17-12-4-2-3-5-13(12)18-15)16-14(19)8-22-11-6-7-23(20,21)9-11/h2-5,10-11H,6-9H2,1H3,(H,16,19)(H,17,18)/t10-,11-/m0/s1. The van der Waals surface area contributed by atoms with Crippen LogP contribution in [0.25, 0.3) is 11.0 Å². The molecule has 1 aromatic heterocycles. The highest BCUT2D eigenvalue weighted by molar-refractivity contribution is 8.02. The molecule has 0 aliphatic carbocycles. The fourth-order valence-electron chi connectivity index (χ4n) is 2.61. The number of aromatic nitrogens is 2. The molecule has 0 bridgehead atoms. The minimum Gasteiger partial charge on any atom is -0.346 e. The molecule has 2 N–H and O–H groups in total. The van der Waals surface area contributed by atoms with Crippen LogP contribution in [0, 0.1) is 0 Å². The van der Waals surface area contributed by atoms with Crippen LogP contribution in [0.4, 0.5) is 0 Å². The molecule has 3 rings (SSSR count). The number of benzene rings is 1. The van der Waals surface area contributed by atoms with Crippen LogP contribution in [0.3, 0.4) is 0 Å². The van der Waals surface area contributed by atoms with Crippen molar-refractivity contribution in [1.82, 2.24) is 15.3 Å². The summed E-state index contributed by atoms with van der Waals surface area (Å²) < 4.78 is 22.8. The number of carbonyl (C=O) groups is 1. The van der Waals surface area contributed by atoms with Gasteiger partial charge in [0.05, 0.1) is 34.3 Å². The smallest absolute Gasteiger partial charge is 0.230 e. The van der Waals surface area contributed by atoms with Gasteiger partial charge in [0, 0.05) is 5.25 Å². The van der Waals surface area contributed by atoms with E-state index in [2.05, 4.69) is 15.3 Å². The zero-order valence-electron chi connectivity index (χ0n) is 12.8. The van der Waals surface area contributed by atoms with E-state index in [9.17, 15) is 13.2 Å². The normalized spacial score (nSPS) is 21.3. The lowest BCUT2D eigenvalue weighted by Crippen LogP contribution is -2.29. The summed E-state index contributed by atoms with van der Waals surface area (Å²) in [5, 5.41) is 2.93. The number of nitrogens with one attached hydrogen (secondary N) is 2. The highest BCUT2D eigenvalue weighted by Crippen LogP contribution is 2.24. The van der Waals surface area contributed by atoms with E-state index in [1.807, 2.05) is 31.2 Å². The van der Waals surface area contributed by atoms with Crippen molar-refractivity contribution in [3.63, 3.8) is 0 Å². The van der Waals surface area contributed by atoms with Crippen LogP contribution in [0.5, 0.6) is 0 Å². The summed E-state index contributed by atoms with van der Waals surface area (Å²) in [4.78, 5) is 19.7. The number of amides is 1. The number of para-hydroxylation sites is 2. The maximum absolute atomic E-state index is 12.0. The first-order valence-corrected chi connectivity index (χ1v) is 10.4. The molecule has 1 amide bonds. The number of H-pyrrole nitrogens is 1. The number of sulfone groups is 1. The number of hydrogen-bond acceptors (Lipinski definition) is 5. The van der Waals surface area contributed by atoms with Crippen LogP contribution < -0.4 is 5.32 Å². The largest absolute Gasteiger partial charge is 0.346 e. The van der Waals surface area contributed by atoms with E-state index < -0.39 is 9.84 Å². The van der Waals surface area contributed by atoms with E-state index in [1.165, 1.54) is 11.8 Å². The van der Waals surface area contributed by atoms with Gasteiger partial charge in [0.15, 0.2) is 9.84 Å². The van der Waals surface area contributed by atoms with Crippen molar-refractivity contribution < 1.29 is 13.2 Å². The zero-order valence-corrected chi connectivity index (χ0v) is 14.4. The lowest BCUT2D eigenvalue weighted by molar-refractivity contribution is -0.119. The van der Waals surface area contributed by atoms with Crippen molar-refractivity contribution in [3.8, 4) is 0 Å². The Morgan fingerprint density at radius 1 is 1.48 bits per heavy atom. The molecule has 1 aromatic carbocycles. The molecule has 0 saturated carbocycles. The first-order valence-electron chi connectivity index (χ1n) is 7.49. The summed E-state index contributed by atoms with van der Waals surface area (Å²) in [6.45, 7) is 1.88. The molecule has 2 aromatic rings. The molecule has 0 spiro atoms. The Labute approximate surface area is 139 Å². The average molecular weight is 353 g/mol. The molecule has 0 unspecified atom stereocenters. The summed E-state index contributed by atoms with van der Waals surface area (Å²) in [6, 6.07) is 7.49. The van der Waals surface area contributed by atoms with E-state index in [0.717, 1.165) is 11.0 Å². The zero-order chi connectivity index (χ0) is 16.4. The molecule has 1 fully saturated rings.